The normalized spacial score (nSPS) is 11.7. The Morgan fingerprint density at radius 3 is 2.10 bits per heavy atom. The lowest BCUT2D eigenvalue weighted by molar-refractivity contribution is -0.153. The Hall–Kier alpha value is -1.95. The van der Waals surface area contributed by atoms with Crippen LogP contribution in [0.25, 0.3) is 0 Å². The van der Waals surface area contributed by atoms with Gasteiger partial charge in [-0.2, -0.15) is 0 Å². The zero-order valence-corrected chi connectivity index (χ0v) is 18.1. The molecule has 1 atom stereocenters. The molecule has 0 saturated carbocycles. The number of esters is 1. The van der Waals surface area contributed by atoms with Gasteiger partial charge in [-0.25, -0.2) is 4.79 Å². The van der Waals surface area contributed by atoms with Crippen LogP contribution in [-0.4, -0.2) is 31.4 Å². The second-order valence-corrected chi connectivity index (χ2v) is 7.52. The SMILES string of the molecule is CCCCCCCCCCCC(=O)O[C@H](COC(N)=O)COc1ccc(Cl)cc1. The van der Waals surface area contributed by atoms with Crippen molar-refractivity contribution in [3.63, 3.8) is 0 Å². The lowest BCUT2D eigenvalue weighted by Gasteiger charge is -2.18. The molecule has 0 aliphatic heterocycles. The molecule has 0 heterocycles. The first-order valence-electron chi connectivity index (χ1n) is 10.5. The fourth-order valence-electron chi connectivity index (χ4n) is 2.84. The largest absolute Gasteiger partial charge is 0.490 e. The number of nitrogens with two attached hydrogens (primary N) is 1. The highest BCUT2D eigenvalue weighted by atomic mass is 35.5. The van der Waals surface area contributed by atoms with Crippen molar-refractivity contribution in [2.45, 2.75) is 77.2 Å². The molecule has 0 spiro atoms. The van der Waals surface area contributed by atoms with Gasteiger partial charge in [0.05, 0.1) is 0 Å². The Kier molecular flexibility index (Phi) is 13.8. The molecule has 29 heavy (non-hydrogen) atoms. The van der Waals surface area contributed by atoms with E-state index in [1.54, 1.807) is 24.3 Å². The van der Waals surface area contributed by atoms with E-state index in [4.69, 9.17) is 31.5 Å². The van der Waals surface area contributed by atoms with E-state index < -0.39 is 12.2 Å². The molecule has 0 bridgehead atoms. The second-order valence-electron chi connectivity index (χ2n) is 7.09. The maximum atomic E-state index is 12.1. The number of ether oxygens (including phenoxy) is 3. The molecule has 0 unspecified atom stereocenters. The Labute approximate surface area is 179 Å². The summed E-state index contributed by atoms with van der Waals surface area (Å²) < 4.78 is 15.8. The van der Waals surface area contributed by atoms with Crippen molar-refractivity contribution in [1.29, 1.82) is 0 Å². The standard InChI is InChI=1S/C22H34ClNO5/c1-2-3-4-5-6-7-8-9-10-11-21(25)29-20(17-28-22(24)26)16-27-19-14-12-18(23)13-15-19/h12-15,20H,2-11,16-17H2,1H3,(H2,24,26)/t20-/m0/s1. The Bertz CT molecular complexity index is 579. The minimum Gasteiger partial charge on any atom is -0.490 e. The zero-order chi connectivity index (χ0) is 21.3. The van der Waals surface area contributed by atoms with E-state index in [2.05, 4.69) is 6.92 Å². The molecule has 0 fully saturated rings. The van der Waals surface area contributed by atoms with Gasteiger partial charge in [-0.05, 0) is 30.7 Å². The van der Waals surface area contributed by atoms with Gasteiger partial charge in [0.25, 0.3) is 0 Å². The van der Waals surface area contributed by atoms with Gasteiger partial charge < -0.3 is 19.9 Å². The van der Waals surface area contributed by atoms with Crippen LogP contribution in [0, 0.1) is 0 Å². The van der Waals surface area contributed by atoms with E-state index in [9.17, 15) is 9.59 Å². The van der Waals surface area contributed by atoms with Crippen LogP contribution in [0.3, 0.4) is 0 Å². The number of rotatable bonds is 16. The molecule has 0 aromatic heterocycles. The molecule has 0 radical (unpaired) electrons. The number of hydrogen-bond acceptors (Lipinski definition) is 5. The van der Waals surface area contributed by atoms with Crippen molar-refractivity contribution < 1.29 is 23.8 Å². The summed E-state index contributed by atoms with van der Waals surface area (Å²) >= 11 is 5.84. The van der Waals surface area contributed by atoms with Crippen molar-refractivity contribution in [3.05, 3.63) is 29.3 Å². The van der Waals surface area contributed by atoms with E-state index in [1.165, 1.54) is 38.5 Å². The maximum Gasteiger partial charge on any atom is 0.404 e. The summed E-state index contributed by atoms with van der Waals surface area (Å²) in [6.07, 6.45) is 9.29. The van der Waals surface area contributed by atoms with Gasteiger partial charge in [-0.15, -0.1) is 0 Å². The van der Waals surface area contributed by atoms with Crippen LogP contribution < -0.4 is 10.5 Å². The minimum absolute atomic E-state index is 0.0540. The quantitative estimate of drug-likeness (QED) is 0.272. The molecular weight excluding hydrogens is 394 g/mol. The highest BCUT2D eigenvalue weighted by Crippen LogP contribution is 2.16. The number of amides is 1. The monoisotopic (exact) mass is 427 g/mol. The van der Waals surface area contributed by atoms with Gasteiger partial charge in [0.15, 0.2) is 6.10 Å². The van der Waals surface area contributed by atoms with Crippen molar-refractivity contribution in [3.8, 4) is 5.75 Å². The molecule has 164 valence electrons. The zero-order valence-electron chi connectivity index (χ0n) is 17.4. The predicted molar refractivity (Wildman–Crippen MR) is 114 cm³/mol. The average molecular weight is 428 g/mol. The summed E-state index contributed by atoms with van der Waals surface area (Å²) in [5.41, 5.74) is 5.00. The summed E-state index contributed by atoms with van der Waals surface area (Å²) in [7, 11) is 0. The number of unbranched alkanes of at least 4 members (excludes halogenated alkanes) is 8. The van der Waals surface area contributed by atoms with Crippen molar-refractivity contribution in [2.24, 2.45) is 5.73 Å². The van der Waals surface area contributed by atoms with Gasteiger partial charge in [-0.3, -0.25) is 4.79 Å². The predicted octanol–water partition coefficient (Wildman–Crippen LogP) is 5.65. The number of hydrogen-bond donors (Lipinski definition) is 1. The second kappa shape index (κ2) is 15.9. The number of carbonyl (C=O) groups is 2. The first-order valence-corrected chi connectivity index (χ1v) is 10.9. The summed E-state index contributed by atoms with van der Waals surface area (Å²) in [5, 5.41) is 0.596. The molecule has 2 N–H and O–H groups in total. The molecule has 0 aliphatic rings. The van der Waals surface area contributed by atoms with E-state index in [1.807, 2.05) is 0 Å². The summed E-state index contributed by atoms with van der Waals surface area (Å²) in [6, 6.07) is 6.81. The van der Waals surface area contributed by atoms with Crippen LogP contribution in [0.15, 0.2) is 24.3 Å². The van der Waals surface area contributed by atoms with Gasteiger partial charge >= 0.3 is 12.1 Å². The third-order valence-corrected chi connectivity index (χ3v) is 4.70. The number of halogens is 1. The molecule has 1 rings (SSSR count). The van der Waals surface area contributed by atoms with Crippen LogP contribution in [0.5, 0.6) is 5.75 Å². The van der Waals surface area contributed by atoms with E-state index in [-0.39, 0.29) is 19.2 Å². The highest BCUT2D eigenvalue weighted by molar-refractivity contribution is 6.30. The molecule has 7 heteroatoms. The van der Waals surface area contributed by atoms with Crippen molar-refractivity contribution in [1.82, 2.24) is 0 Å². The third kappa shape index (κ3) is 13.8. The molecule has 6 nitrogen and oxygen atoms in total. The number of carbonyl (C=O) groups excluding carboxylic acids is 2. The fraction of sp³-hybridized carbons (Fsp3) is 0.636. The highest BCUT2D eigenvalue weighted by Gasteiger charge is 2.17. The van der Waals surface area contributed by atoms with Crippen LogP contribution in [0.2, 0.25) is 5.02 Å². The first kappa shape index (κ1) is 25.1. The van der Waals surface area contributed by atoms with Crippen LogP contribution in [-0.2, 0) is 14.3 Å². The van der Waals surface area contributed by atoms with E-state index in [0.717, 1.165) is 19.3 Å². The van der Waals surface area contributed by atoms with E-state index >= 15 is 0 Å². The fourth-order valence-corrected chi connectivity index (χ4v) is 2.96. The summed E-state index contributed by atoms with van der Waals surface area (Å²) in [5.74, 6) is 0.249. The van der Waals surface area contributed by atoms with Gasteiger partial charge in [-0.1, -0.05) is 69.9 Å². The molecule has 0 aliphatic carbocycles. The van der Waals surface area contributed by atoms with Gasteiger partial charge in [0, 0.05) is 11.4 Å². The van der Waals surface area contributed by atoms with Gasteiger partial charge in [0.2, 0.25) is 0 Å². The number of primary amides is 1. The molecule has 0 saturated heterocycles. The summed E-state index contributed by atoms with van der Waals surface area (Å²) in [6.45, 7) is 2.12. The number of benzene rings is 1. The maximum absolute atomic E-state index is 12.1. The Balaban J connectivity index is 2.25. The molecule has 1 aromatic carbocycles. The lowest BCUT2D eigenvalue weighted by Crippen LogP contribution is -2.32. The van der Waals surface area contributed by atoms with Crippen LogP contribution >= 0.6 is 11.6 Å². The topological polar surface area (TPSA) is 87.9 Å². The molecule has 1 aromatic rings. The minimum atomic E-state index is -0.920. The average Bonchev–Trinajstić information content (AvgIpc) is 2.70. The summed E-state index contributed by atoms with van der Waals surface area (Å²) in [4.78, 5) is 23.0. The smallest absolute Gasteiger partial charge is 0.404 e. The van der Waals surface area contributed by atoms with Crippen LogP contribution in [0.4, 0.5) is 4.79 Å². The molecular formula is C22H34ClNO5. The Morgan fingerprint density at radius 2 is 1.52 bits per heavy atom. The Morgan fingerprint density at radius 1 is 0.931 bits per heavy atom. The van der Waals surface area contributed by atoms with E-state index in [0.29, 0.717) is 17.2 Å². The lowest BCUT2D eigenvalue weighted by atomic mass is 10.1. The van der Waals surface area contributed by atoms with Crippen LogP contribution in [0.1, 0.15) is 71.1 Å². The molecule has 1 amide bonds. The van der Waals surface area contributed by atoms with Crippen molar-refractivity contribution >= 4 is 23.7 Å². The third-order valence-electron chi connectivity index (χ3n) is 4.44. The first-order chi connectivity index (χ1) is 14.0. The van der Waals surface area contributed by atoms with Gasteiger partial charge in [0.1, 0.15) is 19.0 Å². The van der Waals surface area contributed by atoms with Crippen molar-refractivity contribution in [2.75, 3.05) is 13.2 Å².